The topological polar surface area (TPSA) is 80.3 Å². The smallest absolute Gasteiger partial charge is 0.291 e. The minimum Gasteiger partial charge on any atom is -0.343 e. The summed E-state index contributed by atoms with van der Waals surface area (Å²) in [5.74, 6) is 0.818. The zero-order valence-corrected chi connectivity index (χ0v) is 20.4. The average molecular weight is 469 g/mol. The number of fused-ring (bicyclic) bond motifs is 1. The van der Waals surface area contributed by atoms with Gasteiger partial charge in [0.25, 0.3) is 5.95 Å². The maximum Gasteiger partial charge on any atom is 0.291 e. The highest BCUT2D eigenvalue weighted by Crippen LogP contribution is 2.36. The van der Waals surface area contributed by atoms with Crippen LogP contribution in [0.1, 0.15) is 70.9 Å². The average Bonchev–Trinajstić information content (AvgIpc) is 3.46. The van der Waals surface area contributed by atoms with Crippen LogP contribution in [-0.4, -0.2) is 67.8 Å². The number of likely N-dealkylation sites (tertiary alicyclic amines) is 2. The van der Waals surface area contributed by atoms with Gasteiger partial charge in [0, 0.05) is 36.9 Å². The van der Waals surface area contributed by atoms with Gasteiger partial charge >= 0.3 is 0 Å². The van der Waals surface area contributed by atoms with Crippen molar-refractivity contribution in [1.29, 1.82) is 0 Å². The molecule has 2 fully saturated rings. The Morgan fingerprint density at radius 1 is 1.18 bits per heavy atom. The van der Waals surface area contributed by atoms with Crippen LogP contribution in [0.5, 0.6) is 0 Å². The van der Waals surface area contributed by atoms with Crippen LogP contribution in [0.25, 0.3) is 16.9 Å². The summed E-state index contributed by atoms with van der Waals surface area (Å²) in [5.41, 5.74) is 0.969. The molecule has 2 aliphatic rings. The Morgan fingerprint density at radius 2 is 1.88 bits per heavy atom. The molecule has 4 heterocycles. The summed E-state index contributed by atoms with van der Waals surface area (Å²) in [7, 11) is 0. The number of aromatic nitrogens is 4. The Bertz CT molecular complexity index is 1190. The summed E-state index contributed by atoms with van der Waals surface area (Å²) in [6, 6.07) is 5.54. The number of hydrogen-bond acceptors (Lipinski definition) is 6. The quantitative estimate of drug-likeness (QED) is 0.575. The number of carbonyl (C=O) groups excluding carboxylic acids is 1. The van der Waals surface area contributed by atoms with Crippen molar-refractivity contribution in [2.75, 3.05) is 26.2 Å². The predicted molar refractivity (Wildman–Crippen MR) is 126 cm³/mol. The van der Waals surface area contributed by atoms with Gasteiger partial charge in [0.2, 0.25) is 11.8 Å². The van der Waals surface area contributed by atoms with Crippen LogP contribution in [0, 0.1) is 5.82 Å². The number of hydrogen-bond donors (Lipinski definition) is 0. The third-order valence-corrected chi connectivity index (χ3v) is 7.68. The van der Waals surface area contributed by atoms with Gasteiger partial charge in [0.1, 0.15) is 11.3 Å². The summed E-state index contributed by atoms with van der Waals surface area (Å²) < 4.78 is 22.0. The van der Waals surface area contributed by atoms with Crippen LogP contribution in [0.4, 0.5) is 4.39 Å². The van der Waals surface area contributed by atoms with Crippen molar-refractivity contribution in [2.24, 2.45) is 0 Å². The fourth-order valence-corrected chi connectivity index (χ4v) is 5.41. The molecular weight excluding hydrogens is 435 g/mol. The van der Waals surface area contributed by atoms with Crippen molar-refractivity contribution in [1.82, 2.24) is 29.7 Å². The first-order valence-electron chi connectivity index (χ1n) is 12.3. The fourth-order valence-electron chi connectivity index (χ4n) is 5.41. The molecule has 34 heavy (non-hydrogen) atoms. The summed E-state index contributed by atoms with van der Waals surface area (Å²) in [4.78, 5) is 20.8. The normalized spacial score (nSPS) is 19.9. The molecule has 0 radical (unpaired) electrons. The van der Waals surface area contributed by atoms with E-state index >= 15 is 0 Å². The Kier molecular flexibility index (Phi) is 5.91. The molecule has 0 saturated carbocycles. The minimum absolute atomic E-state index is 0.140. The Hall–Kier alpha value is -2.81. The van der Waals surface area contributed by atoms with Gasteiger partial charge in [-0.15, -0.1) is 0 Å². The largest absolute Gasteiger partial charge is 0.343 e. The van der Waals surface area contributed by atoms with Crippen LogP contribution < -0.4 is 0 Å². The lowest BCUT2D eigenvalue weighted by Crippen LogP contribution is -2.50. The van der Waals surface area contributed by atoms with E-state index in [2.05, 4.69) is 22.1 Å². The number of piperidine rings is 2. The van der Waals surface area contributed by atoms with Gasteiger partial charge in [0.15, 0.2) is 0 Å². The molecule has 1 aromatic carbocycles. The molecule has 2 saturated heterocycles. The van der Waals surface area contributed by atoms with Crippen LogP contribution in [-0.2, 0) is 10.2 Å². The van der Waals surface area contributed by atoms with E-state index in [1.54, 1.807) is 13.0 Å². The van der Waals surface area contributed by atoms with E-state index < -0.39 is 0 Å². The summed E-state index contributed by atoms with van der Waals surface area (Å²) in [5, 5.41) is 9.62. The molecule has 0 N–H and O–H groups in total. The molecule has 3 aromatic rings. The van der Waals surface area contributed by atoms with E-state index in [1.807, 2.05) is 24.8 Å². The number of para-hydroxylation sites is 1. The van der Waals surface area contributed by atoms with Crippen molar-refractivity contribution in [3.8, 4) is 5.95 Å². The van der Waals surface area contributed by atoms with Crippen LogP contribution in [0.15, 0.2) is 22.7 Å². The fraction of sp³-hybridized carbons (Fsp3) is 0.600. The van der Waals surface area contributed by atoms with Crippen LogP contribution >= 0.6 is 0 Å². The number of rotatable bonds is 4. The third kappa shape index (κ3) is 4.00. The first-order valence-corrected chi connectivity index (χ1v) is 12.3. The maximum atomic E-state index is 14.8. The summed E-state index contributed by atoms with van der Waals surface area (Å²) in [6.45, 7) is 11.5. The maximum absolute atomic E-state index is 14.8. The molecule has 2 aromatic heterocycles. The summed E-state index contributed by atoms with van der Waals surface area (Å²) >= 11 is 0. The summed E-state index contributed by atoms with van der Waals surface area (Å²) in [6.07, 6.45) is 3.87. The number of nitrogens with zero attached hydrogens (tertiary/aromatic N) is 6. The zero-order chi connectivity index (χ0) is 24.0. The van der Waals surface area contributed by atoms with Gasteiger partial charge in [-0.1, -0.05) is 32.9 Å². The second-order valence-corrected chi connectivity index (χ2v) is 10.3. The zero-order valence-electron chi connectivity index (χ0n) is 20.4. The van der Waals surface area contributed by atoms with E-state index in [-0.39, 0.29) is 29.0 Å². The van der Waals surface area contributed by atoms with Crippen LogP contribution in [0.2, 0.25) is 0 Å². The van der Waals surface area contributed by atoms with Gasteiger partial charge < -0.3 is 14.3 Å². The Balaban J connectivity index is 1.33. The number of carbonyl (C=O) groups is 1. The first-order chi connectivity index (χ1) is 16.3. The van der Waals surface area contributed by atoms with E-state index in [1.165, 1.54) is 10.7 Å². The molecule has 182 valence electrons. The molecule has 0 atom stereocenters. The molecule has 9 heteroatoms. The van der Waals surface area contributed by atoms with Crippen molar-refractivity contribution in [3.05, 3.63) is 35.6 Å². The lowest BCUT2D eigenvalue weighted by Gasteiger charge is -2.43. The SMILES string of the molecule is CC(=O)N1CCC(N2CCC(C)(c3nc(-n4nc(C(C)C)c5cccc(F)c54)no3)CC2)CC1. The molecule has 0 spiro atoms. The molecule has 8 nitrogen and oxygen atoms in total. The van der Waals surface area contributed by atoms with Gasteiger partial charge in [0.05, 0.1) is 5.69 Å². The Morgan fingerprint density at radius 3 is 2.53 bits per heavy atom. The predicted octanol–water partition coefficient (Wildman–Crippen LogP) is 4.04. The van der Waals surface area contributed by atoms with E-state index in [0.717, 1.165) is 62.9 Å². The van der Waals surface area contributed by atoms with E-state index in [9.17, 15) is 9.18 Å². The lowest BCUT2D eigenvalue weighted by atomic mass is 9.79. The molecule has 0 bridgehead atoms. The van der Waals surface area contributed by atoms with Gasteiger partial charge in [-0.25, -0.2) is 4.39 Å². The second-order valence-electron chi connectivity index (χ2n) is 10.3. The first kappa shape index (κ1) is 23.0. The molecule has 0 unspecified atom stereocenters. The van der Waals surface area contributed by atoms with Gasteiger partial charge in [-0.2, -0.15) is 14.8 Å². The minimum atomic E-state index is -0.349. The highest BCUT2D eigenvalue weighted by atomic mass is 19.1. The molecule has 2 aliphatic heterocycles. The second kappa shape index (κ2) is 8.76. The number of halogens is 1. The highest BCUT2D eigenvalue weighted by Gasteiger charge is 2.39. The monoisotopic (exact) mass is 468 g/mol. The highest BCUT2D eigenvalue weighted by molar-refractivity contribution is 5.84. The number of amides is 1. The van der Waals surface area contributed by atoms with Gasteiger partial charge in [-0.05, 0) is 55.9 Å². The standard InChI is InChI=1S/C25H33FN6O2/c1-16(2)21-19-6-5-7-20(26)22(19)32(28-21)24-27-23(34-29-24)25(4)10-14-31(15-11-25)18-8-12-30(13-9-18)17(3)33/h5-7,16,18H,8-15H2,1-4H3. The number of benzene rings is 1. The van der Waals surface area contributed by atoms with E-state index in [0.29, 0.717) is 17.4 Å². The van der Waals surface area contributed by atoms with Crippen molar-refractivity contribution in [3.63, 3.8) is 0 Å². The molecule has 5 rings (SSSR count). The molecule has 0 aliphatic carbocycles. The Labute approximate surface area is 199 Å². The van der Waals surface area contributed by atoms with Gasteiger partial charge in [-0.3, -0.25) is 4.79 Å². The lowest BCUT2D eigenvalue weighted by molar-refractivity contribution is -0.130. The molecule has 1 amide bonds. The van der Waals surface area contributed by atoms with Crippen LogP contribution in [0.3, 0.4) is 0 Å². The third-order valence-electron chi connectivity index (χ3n) is 7.68. The molecular formula is C25H33FN6O2. The van der Waals surface area contributed by atoms with Crippen molar-refractivity contribution in [2.45, 2.75) is 70.8 Å². The van der Waals surface area contributed by atoms with Crippen molar-refractivity contribution >= 4 is 16.8 Å². The van der Waals surface area contributed by atoms with E-state index in [4.69, 9.17) is 9.51 Å². The van der Waals surface area contributed by atoms with Crippen molar-refractivity contribution < 1.29 is 13.7 Å².